The van der Waals surface area contributed by atoms with Crippen molar-refractivity contribution in [2.24, 2.45) is 0 Å². The van der Waals surface area contributed by atoms with E-state index in [2.05, 4.69) is 25.6 Å². The monoisotopic (exact) mass is 230 g/mol. The molecule has 0 spiro atoms. The van der Waals surface area contributed by atoms with Gasteiger partial charge in [0, 0.05) is 12.8 Å². The van der Waals surface area contributed by atoms with Gasteiger partial charge in [-0.15, -0.1) is 6.58 Å². The van der Waals surface area contributed by atoms with Crippen LogP contribution in [0.5, 0.6) is 0 Å². The number of hydrogen-bond donors (Lipinski definition) is 0. The Labute approximate surface area is 105 Å². The summed E-state index contributed by atoms with van der Waals surface area (Å²) in [5.41, 5.74) is 2.37. The maximum atomic E-state index is 11.7. The van der Waals surface area contributed by atoms with Crippen LogP contribution in [-0.2, 0) is 11.2 Å². The van der Waals surface area contributed by atoms with E-state index in [1.54, 1.807) is 0 Å². The molecule has 0 aromatic heterocycles. The van der Waals surface area contributed by atoms with Crippen molar-refractivity contribution < 1.29 is 4.79 Å². The molecular weight excluding hydrogens is 208 g/mol. The third-order valence-corrected chi connectivity index (χ3v) is 2.89. The van der Waals surface area contributed by atoms with Crippen LogP contribution in [0.3, 0.4) is 0 Å². The van der Waals surface area contributed by atoms with E-state index in [1.807, 2.05) is 18.2 Å². The van der Waals surface area contributed by atoms with Gasteiger partial charge < -0.3 is 0 Å². The number of unbranched alkanes of at least 4 members (excludes halogenated alkanes) is 3. The molecule has 0 bridgehead atoms. The van der Waals surface area contributed by atoms with Crippen LogP contribution in [0.2, 0.25) is 0 Å². The predicted molar refractivity (Wildman–Crippen MR) is 73.2 cm³/mol. The zero-order valence-corrected chi connectivity index (χ0v) is 10.7. The number of rotatable bonds is 8. The second-order valence-electron chi connectivity index (χ2n) is 4.59. The summed E-state index contributed by atoms with van der Waals surface area (Å²) >= 11 is 0. The predicted octanol–water partition coefficient (Wildman–Crippen LogP) is 4.24. The minimum atomic E-state index is 0.354. The van der Waals surface area contributed by atoms with Crippen LogP contribution in [0, 0.1) is 6.92 Å². The van der Waals surface area contributed by atoms with Crippen molar-refractivity contribution in [2.75, 3.05) is 0 Å². The number of ketones is 1. The summed E-state index contributed by atoms with van der Waals surface area (Å²) in [6, 6.07) is 8.22. The van der Waals surface area contributed by atoms with Gasteiger partial charge in [0.25, 0.3) is 0 Å². The topological polar surface area (TPSA) is 17.1 Å². The maximum absolute atomic E-state index is 11.7. The number of Topliss-reactive ketones (excluding diaryl/α,β-unsaturated/α-hetero) is 1. The number of allylic oxidation sites excluding steroid dienone is 1. The quantitative estimate of drug-likeness (QED) is 0.482. The molecule has 1 heteroatoms. The molecule has 1 nitrogen and oxygen atoms in total. The van der Waals surface area contributed by atoms with Gasteiger partial charge in [-0.1, -0.05) is 42.3 Å². The fourth-order valence-corrected chi connectivity index (χ4v) is 1.81. The third kappa shape index (κ3) is 6.06. The molecule has 0 heterocycles. The summed E-state index contributed by atoms with van der Waals surface area (Å²) < 4.78 is 0. The van der Waals surface area contributed by atoms with E-state index in [0.717, 1.165) is 31.2 Å². The fraction of sp³-hybridized carbons (Fsp3) is 0.438. The Bertz CT molecular complexity index is 348. The molecule has 0 saturated carbocycles. The van der Waals surface area contributed by atoms with E-state index in [0.29, 0.717) is 18.6 Å². The Balaban J connectivity index is 2.20. The minimum Gasteiger partial charge on any atom is -0.299 e. The molecular formula is C16H22O. The summed E-state index contributed by atoms with van der Waals surface area (Å²) in [7, 11) is 0. The molecule has 0 aliphatic carbocycles. The summed E-state index contributed by atoms with van der Waals surface area (Å²) in [6.07, 6.45) is 7.60. The van der Waals surface area contributed by atoms with Gasteiger partial charge in [0.2, 0.25) is 0 Å². The number of carbonyl (C=O) groups excluding carboxylic acids is 1. The lowest BCUT2D eigenvalue weighted by molar-refractivity contribution is -0.118. The van der Waals surface area contributed by atoms with Gasteiger partial charge in [0.1, 0.15) is 5.78 Å². The van der Waals surface area contributed by atoms with E-state index >= 15 is 0 Å². The van der Waals surface area contributed by atoms with Crippen molar-refractivity contribution in [3.05, 3.63) is 48.0 Å². The molecule has 0 unspecified atom stereocenters. The number of aryl methyl sites for hydroxylation is 1. The lowest BCUT2D eigenvalue weighted by Crippen LogP contribution is -2.02. The van der Waals surface area contributed by atoms with E-state index in [-0.39, 0.29) is 0 Å². The van der Waals surface area contributed by atoms with Gasteiger partial charge >= 0.3 is 0 Å². The SMILES string of the molecule is C=CCCCCCC(=O)Cc1ccc(C)cc1. The number of hydrogen-bond acceptors (Lipinski definition) is 1. The Morgan fingerprint density at radius 2 is 1.88 bits per heavy atom. The smallest absolute Gasteiger partial charge is 0.137 e. The first-order valence-electron chi connectivity index (χ1n) is 6.40. The molecule has 17 heavy (non-hydrogen) atoms. The molecule has 1 aromatic rings. The van der Waals surface area contributed by atoms with Gasteiger partial charge in [-0.2, -0.15) is 0 Å². The Hall–Kier alpha value is -1.37. The van der Waals surface area contributed by atoms with Crippen LogP contribution < -0.4 is 0 Å². The standard InChI is InChI=1S/C16H22O/c1-3-4-5-6-7-8-16(17)13-15-11-9-14(2)10-12-15/h3,9-12H,1,4-8,13H2,2H3. The lowest BCUT2D eigenvalue weighted by atomic mass is 10.0. The van der Waals surface area contributed by atoms with Gasteiger partial charge in [-0.3, -0.25) is 4.79 Å². The van der Waals surface area contributed by atoms with Crippen molar-refractivity contribution in [3.63, 3.8) is 0 Å². The normalized spacial score (nSPS) is 10.2. The Morgan fingerprint density at radius 1 is 1.18 bits per heavy atom. The molecule has 0 aliphatic heterocycles. The van der Waals surface area contributed by atoms with Crippen LogP contribution in [0.4, 0.5) is 0 Å². The average Bonchev–Trinajstić information content (AvgIpc) is 2.32. The molecule has 0 saturated heterocycles. The van der Waals surface area contributed by atoms with Gasteiger partial charge in [-0.25, -0.2) is 0 Å². The van der Waals surface area contributed by atoms with E-state index in [4.69, 9.17) is 0 Å². The molecule has 0 fully saturated rings. The first-order valence-corrected chi connectivity index (χ1v) is 6.40. The summed E-state index contributed by atoms with van der Waals surface area (Å²) in [5.74, 6) is 0.354. The fourth-order valence-electron chi connectivity index (χ4n) is 1.81. The highest BCUT2D eigenvalue weighted by Gasteiger charge is 2.03. The third-order valence-electron chi connectivity index (χ3n) is 2.89. The van der Waals surface area contributed by atoms with Crippen molar-refractivity contribution in [2.45, 2.75) is 45.4 Å². The zero-order chi connectivity index (χ0) is 12.5. The molecule has 0 N–H and O–H groups in total. The largest absolute Gasteiger partial charge is 0.299 e. The van der Waals surface area contributed by atoms with Crippen LogP contribution in [0.25, 0.3) is 0 Å². The first kappa shape index (κ1) is 13.7. The zero-order valence-electron chi connectivity index (χ0n) is 10.7. The molecule has 1 aromatic carbocycles. The van der Waals surface area contributed by atoms with Crippen LogP contribution in [-0.4, -0.2) is 5.78 Å². The average molecular weight is 230 g/mol. The molecule has 0 radical (unpaired) electrons. The van der Waals surface area contributed by atoms with Crippen molar-refractivity contribution in [3.8, 4) is 0 Å². The lowest BCUT2D eigenvalue weighted by Gasteiger charge is -2.02. The highest BCUT2D eigenvalue weighted by atomic mass is 16.1. The molecule has 92 valence electrons. The van der Waals surface area contributed by atoms with Crippen LogP contribution in [0.1, 0.15) is 43.2 Å². The van der Waals surface area contributed by atoms with E-state index < -0.39 is 0 Å². The number of carbonyl (C=O) groups is 1. The highest BCUT2D eigenvalue weighted by molar-refractivity contribution is 5.80. The van der Waals surface area contributed by atoms with E-state index in [9.17, 15) is 4.79 Å². The van der Waals surface area contributed by atoms with Crippen molar-refractivity contribution >= 4 is 5.78 Å². The second-order valence-corrected chi connectivity index (χ2v) is 4.59. The highest BCUT2D eigenvalue weighted by Crippen LogP contribution is 2.08. The van der Waals surface area contributed by atoms with Gasteiger partial charge in [-0.05, 0) is 31.7 Å². The summed E-state index contributed by atoms with van der Waals surface area (Å²) in [4.78, 5) is 11.7. The Kier molecular flexibility index (Phi) is 6.31. The van der Waals surface area contributed by atoms with Crippen molar-refractivity contribution in [1.82, 2.24) is 0 Å². The molecule has 0 aliphatic rings. The minimum absolute atomic E-state index is 0.354. The molecule has 1 rings (SSSR count). The molecule has 0 atom stereocenters. The van der Waals surface area contributed by atoms with Gasteiger partial charge in [0.15, 0.2) is 0 Å². The Morgan fingerprint density at radius 3 is 2.53 bits per heavy atom. The molecule has 0 amide bonds. The van der Waals surface area contributed by atoms with Crippen LogP contribution >= 0.6 is 0 Å². The van der Waals surface area contributed by atoms with Crippen LogP contribution in [0.15, 0.2) is 36.9 Å². The number of benzene rings is 1. The summed E-state index contributed by atoms with van der Waals surface area (Å²) in [5, 5.41) is 0. The second kappa shape index (κ2) is 7.83. The van der Waals surface area contributed by atoms with E-state index in [1.165, 1.54) is 5.56 Å². The maximum Gasteiger partial charge on any atom is 0.137 e. The van der Waals surface area contributed by atoms with Gasteiger partial charge in [0.05, 0.1) is 0 Å². The van der Waals surface area contributed by atoms with Crippen molar-refractivity contribution in [1.29, 1.82) is 0 Å². The first-order chi connectivity index (χ1) is 8.22. The summed E-state index contributed by atoms with van der Waals surface area (Å²) in [6.45, 7) is 5.75.